The molecule has 0 saturated carbocycles. The van der Waals surface area contributed by atoms with Crippen LogP contribution in [0.4, 0.5) is 0 Å². The highest BCUT2D eigenvalue weighted by Gasteiger charge is 2.16. The Labute approximate surface area is 115 Å². The van der Waals surface area contributed by atoms with E-state index in [2.05, 4.69) is 11.9 Å². The Bertz CT molecular complexity index is 474. The lowest BCUT2D eigenvalue weighted by molar-refractivity contribution is 0.0600. The first-order valence-electron chi connectivity index (χ1n) is 5.70. The molecule has 0 radical (unpaired) electrons. The number of nitrogens with zero attached hydrogens (tertiary/aromatic N) is 1. The van der Waals surface area contributed by atoms with Gasteiger partial charge in [-0.3, -0.25) is 4.99 Å². The number of aliphatic imine (C=N–C) groups is 1. The highest BCUT2D eigenvalue weighted by Crippen LogP contribution is 2.29. The molecule has 1 aliphatic heterocycles. The summed E-state index contributed by atoms with van der Waals surface area (Å²) < 4.78 is 5.90. The van der Waals surface area contributed by atoms with Crippen molar-refractivity contribution >= 4 is 33.9 Å². The van der Waals surface area contributed by atoms with Crippen molar-refractivity contribution in [2.45, 2.75) is 18.7 Å². The summed E-state index contributed by atoms with van der Waals surface area (Å²) in [5.41, 5.74) is 1.64. The number of methoxy groups -OCH3 is 1. The third-order valence-electron chi connectivity index (χ3n) is 2.55. The van der Waals surface area contributed by atoms with Crippen molar-refractivity contribution in [1.82, 2.24) is 0 Å². The fraction of sp³-hybridized carbons (Fsp3) is 0.385. The predicted octanol–water partition coefficient (Wildman–Crippen LogP) is 3.20. The van der Waals surface area contributed by atoms with Crippen molar-refractivity contribution in [2.24, 2.45) is 4.99 Å². The molecule has 0 bridgehead atoms. The van der Waals surface area contributed by atoms with Crippen LogP contribution < -0.4 is 0 Å². The fourth-order valence-corrected chi connectivity index (χ4v) is 3.83. The van der Waals surface area contributed by atoms with Crippen LogP contribution in [0.5, 0.6) is 0 Å². The summed E-state index contributed by atoms with van der Waals surface area (Å²) in [7, 11) is 1.41. The molecule has 0 amide bonds. The average Bonchev–Trinajstić information content (AvgIpc) is 2.81. The maximum Gasteiger partial charge on any atom is 0.338 e. The number of carbonyl (C=O) groups excluding carboxylic acids is 1. The topological polar surface area (TPSA) is 38.7 Å². The second-order valence-electron chi connectivity index (χ2n) is 3.99. The van der Waals surface area contributed by atoms with E-state index in [1.807, 2.05) is 18.2 Å². The van der Waals surface area contributed by atoms with Crippen LogP contribution in [-0.2, 0) is 10.5 Å². The Balaban J connectivity index is 2.05. The molecule has 0 aliphatic carbocycles. The van der Waals surface area contributed by atoms with Crippen LogP contribution in [0.25, 0.3) is 0 Å². The van der Waals surface area contributed by atoms with Crippen molar-refractivity contribution in [3.8, 4) is 0 Å². The van der Waals surface area contributed by atoms with Gasteiger partial charge in [0.2, 0.25) is 0 Å². The second kappa shape index (κ2) is 6.29. The van der Waals surface area contributed by atoms with E-state index in [9.17, 15) is 4.79 Å². The average molecular weight is 281 g/mol. The molecule has 0 N–H and O–H groups in total. The number of thioether (sulfide) groups is 2. The lowest BCUT2D eigenvalue weighted by atomic mass is 10.1. The predicted molar refractivity (Wildman–Crippen MR) is 78.4 cm³/mol. The normalized spacial score (nSPS) is 18.6. The summed E-state index contributed by atoms with van der Waals surface area (Å²) in [5, 5.41) is 0. The lowest BCUT2D eigenvalue weighted by Crippen LogP contribution is -2.05. The van der Waals surface area contributed by atoms with Crippen molar-refractivity contribution in [3.63, 3.8) is 0 Å². The molecule has 0 fully saturated rings. The van der Waals surface area contributed by atoms with E-state index in [1.54, 1.807) is 29.6 Å². The van der Waals surface area contributed by atoms with Gasteiger partial charge in [0.15, 0.2) is 0 Å². The van der Waals surface area contributed by atoms with Gasteiger partial charge >= 0.3 is 5.97 Å². The number of benzene rings is 1. The maximum absolute atomic E-state index is 11.6. The fourth-order valence-electron chi connectivity index (χ4n) is 1.62. The van der Waals surface area contributed by atoms with Gasteiger partial charge in [-0.25, -0.2) is 4.79 Å². The molecule has 0 saturated heterocycles. The first-order valence-corrected chi connectivity index (χ1v) is 7.67. The molecular formula is C13H15NO2S2. The minimum atomic E-state index is -0.277. The van der Waals surface area contributed by atoms with E-state index >= 15 is 0 Å². The molecule has 18 heavy (non-hydrogen) atoms. The van der Waals surface area contributed by atoms with E-state index in [4.69, 9.17) is 4.74 Å². The van der Waals surface area contributed by atoms with E-state index in [0.717, 1.165) is 21.4 Å². The highest BCUT2D eigenvalue weighted by atomic mass is 32.2. The van der Waals surface area contributed by atoms with Crippen molar-refractivity contribution in [1.29, 1.82) is 0 Å². The Morgan fingerprint density at radius 3 is 3.00 bits per heavy atom. The summed E-state index contributed by atoms with van der Waals surface area (Å²) in [6.07, 6.45) is 0. The van der Waals surface area contributed by atoms with Gasteiger partial charge in [0.25, 0.3) is 0 Å². The minimum Gasteiger partial charge on any atom is -0.465 e. The molecule has 1 heterocycles. The van der Waals surface area contributed by atoms with Gasteiger partial charge < -0.3 is 4.74 Å². The zero-order chi connectivity index (χ0) is 13.0. The van der Waals surface area contributed by atoms with Gasteiger partial charge in [0.05, 0.1) is 18.7 Å². The molecule has 5 heteroatoms. The molecule has 1 aliphatic rings. The highest BCUT2D eigenvalue weighted by molar-refractivity contribution is 8.38. The zero-order valence-corrected chi connectivity index (χ0v) is 12.0. The first-order chi connectivity index (χ1) is 8.70. The molecule has 1 aromatic carbocycles. The van der Waals surface area contributed by atoms with Crippen LogP contribution in [0.2, 0.25) is 0 Å². The molecular weight excluding hydrogens is 266 g/mol. The van der Waals surface area contributed by atoms with Gasteiger partial charge in [0, 0.05) is 11.5 Å². The van der Waals surface area contributed by atoms with Crippen molar-refractivity contribution < 1.29 is 9.53 Å². The molecule has 1 atom stereocenters. The minimum absolute atomic E-state index is 0.277. The number of hydrogen-bond acceptors (Lipinski definition) is 5. The van der Waals surface area contributed by atoms with Gasteiger partial charge in [0.1, 0.15) is 4.38 Å². The van der Waals surface area contributed by atoms with Crippen molar-refractivity contribution in [3.05, 3.63) is 35.4 Å². The largest absolute Gasteiger partial charge is 0.465 e. The van der Waals surface area contributed by atoms with E-state index in [0.29, 0.717) is 11.6 Å². The number of carbonyl (C=O) groups is 1. The van der Waals surface area contributed by atoms with Gasteiger partial charge in [-0.15, -0.1) is 0 Å². The maximum atomic E-state index is 11.6. The Kier molecular flexibility index (Phi) is 4.72. The Morgan fingerprint density at radius 2 is 2.33 bits per heavy atom. The monoisotopic (exact) mass is 281 g/mol. The molecule has 0 spiro atoms. The van der Waals surface area contributed by atoms with Crippen LogP contribution in [-0.4, -0.2) is 29.2 Å². The SMILES string of the molecule is COC(=O)c1ccccc1CSC1=N[C@H](C)CS1. The Morgan fingerprint density at radius 1 is 1.56 bits per heavy atom. The first kappa shape index (κ1) is 13.5. The molecule has 3 nitrogen and oxygen atoms in total. The lowest BCUT2D eigenvalue weighted by Gasteiger charge is -2.06. The van der Waals surface area contributed by atoms with Crippen molar-refractivity contribution in [2.75, 3.05) is 12.9 Å². The summed E-state index contributed by atoms with van der Waals surface area (Å²) >= 11 is 3.47. The van der Waals surface area contributed by atoms with E-state index in [1.165, 1.54) is 7.11 Å². The molecule has 2 rings (SSSR count). The summed E-state index contributed by atoms with van der Waals surface area (Å²) in [6.45, 7) is 2.11. The number of esters is 1. The summed E-state index contributed by atoms with van der Waals surface area (Å²) in [6, 6.07) is 7.96. The number of hydrogen-bond donors (Lipinski definition) is 0. The van der Waals surface area contributed by atoms with Crippen LogP contribution in [0, 0.1) is 0 Å². The molecule has 0 unspecified atom stereocenters. The van der Waals surface area contributed by atoms with Crippen LogP contribution in [0.15, 0.2) is 29.3 Å². The second-order valence-corrected chi connectivity index (χ2v) is 6.22. The third kappa shape index (κ3) is 3.29. The molecule has 0 aromatic heterocycles. The standard InChI is InChI=1S/C13H15NO2S2/c1-9-7-17-13(14-9)18-8-10-5-3-4-6-11(10)12(15)16-2/h3-6,9H,7-8H2,1-2H3/t9-/m1/s1. The van der Waals surface area contributed by atoms with Gasteiger partial charge in [-0.1, -0.05) is 41.7 Å². The summed E-state index contributed by atoms with van der Waals surface area (Å²) in [4.78, 5) is 16.1. The van der Waals surface area contributed by atoms with Gasteiger partial charge in [-0.2, -0.15) is 0 Å². The van der Waals surface area contributed by atoms with Crippen LogP contribution in [0.3, 0.4) is 0 Å². The molecule has 96 valence electrons. The van der Waals surface area contributed by atoms with E-state index < -0.39 is 0 Å². The number of rotatable bonds is 3. The Hall–Kier alpha value is -0.940. The smallest absolute Gasteiger partial charge is 0.338 e. The number of ether oxygens (including phenoxy) is 1. The molecule has 1 aromatic rings. The summed E-state index contributed by atoms with van der Waals surface area (Å²) in [5.74, 6) is 1.53. The van der Waals surface area contributed by atoms with Gasteiger partial charge in [-0.05, 0) is 18.6 Å². The van der Waals surface area contributed by atoms with Crippen LogP contribution >= 0.6 is 23.5 Å². The quantitative estimate of drug-likeness (QED) is 0.798. The third-order valence-corrected chi connectivity index (χ3v) is 5.06. The zero-order valence-electron chi connectivity index (χ0n) is 10.4. The van der Waals surface area contributed by atoms with E-state index in [-0.39, 0.29) is 5.97 Å². The van der Waals surface area contributed by atoms with Crippen LogP contribution in [0.1, 0.15) is 22.8 Å².